The standard InChI is InChI=1S/C36H38N2O7S/c1-24-31(23-46-33-12-2-3-18-38(33)43)44-36(45-35(24)27-16-14-25(22-39)15-17-27)30-10-5-9-29(20-30)28-8-4-7-26(19-28)21-37-32(40)11-6-13-34(41)42/h2-5,7-10,12,14-20,24,31,35-36,39H,6,11,13,21-23H2,1H3,(H,37,40)(H,41,42). The molecule has 0 saturated carbocycles. The smallest absolute Gasteiger partial charge is 0.303 e. The molecular weight excluding hydrogens is 604 g/mol. The average Bonchev–Trinajstić information content (AvgIpc) is 3.07. The number of aliphatic hydroxyl groups is 1. The molecule has 2 heterocycles. The number of amides is 1. The van der Waals surface area contributed by atoms with Crippen LogP contribution in [0.1, 0.15) is 60.8 Å². The van der Waals surface area contributed by atoms with Crippen LogP contribution in [0.3, 0.4) is 0 Å². The van der Waals surface area contributed by atoms with Crippen molar-refractivity contribution in [3.63, 3.8) is 0 Å². The molecule has 46 heavy (non-hydrogen) atoms. The summed E-state index contributed by atoms with van der Waals surface area (Å²) in [5.41, 5.74) is 5.52. The van der Waals surface area contributed by atoms with Crippen molar-refractivity contribution in [1.82, 2.24) is 5.32 Å². The van der Waals surface area contributed by atoms with Gasteiger partial charge in [-0.1, -0.05) is 79.3 Å². The Kier molecular flexibility index (Phi) is 11.4. The summed E-state index contributed by atoms with van der Waals surface area (Å²) in [6, 6.07) is 29.0. The normalized spacial score (nSPS) is 19.4. The molecule has 0 spiro atoms. The quantitative estimate of drug-likeness (QED) is 0.0929. The first-order valence-corrected chi connectivity index (χ1v) is 16.3. The van der Waals surface area contributed by atoms with Gasteiger partial charge in [0.2, 0.25) is 5.91 Å². The zero-order valence-electron chi connectivity index (χ0n) is 25.6. The fourth-order valence-electron chi connectivity index (χ4n) is 5.42. The number of pyridine rings is 1. The summed E-state index contributed by atoms with van der Waals surface area (Å²) in [6.45, 7) is 2.40. The third-order valence-corrected chi connectivity index (χ3v) is 9.12. The molecule has 1 amide bonds. The van der Waals surface area contributed by atoms with Gasteiger partial charge in [-0.15, -0.1) is 0 Å². The Balaban J connectivity index is 1.34. The fraction of sp³-hybridized carbons (Fsp3) is 0.306. The lowest BCUT2D eigenvalue weighted by molar-refractivity contribution is -0.645. The second-order valence-electron chi connectivity index (χ2n) is 11.3. The molecule has 1 aliphatic heterocycles. The van der Waals surface area contributed by atoms with Crippen molar-refractivity contribution in [2.24, 2.45) is 5.92 Å². The van der Waals surface area contributed by atoms with Gasteiger partial charge in [0, 0.05) is 48.8 Å². The van der Waals surface area contributed by atoms with Crippen molar-refractivity contribution in [2.45, 2.75) is 62.9 Å². The van der Waals surface area contributed by atoms with Crippen LogP contribution in [-0.4, -0.2) is 33.9 Å². The van der Waals surface area contributed by atoms with Crippen molar-refractivity contribution in [3.05, 3.63) is 125 Å². The molecule has 10 heteroatoms. The van der Waals surface area contributed by atoms with Crippen LogP contribution in [0.15, 0.2) is 102 Å². The number of aromatic nitrogens is 1. The van der Waals surface area contributed by atoms with Gasteiger partial charge in [-0.25, -0.2) is 0 Å². The molecular formula is C36H38N2O7S. The van der Waals surface area contributed by atoms with Gasteiger partial charge in [-0.2, -0.15) is 4.73 Å². The summed E-state index contributed by atoms with van der Waals surface area (Å²) >= 11 is 1.45. The molecule has 4 unspecified atom stereocenters. The van der Waals surface area contributed by atoms with E-state index in [-0.39, 0.29) is 43.5 Å². The highest BCUT2D eigenvalue weighted by Crippen LogP contribution is 2.43. The molecule has 5 rings (SSSR count). The highest BCUT2D eigenvalue weighted by atomic mass is 32.2. The van der Waals surface area contributed by atoms with E-state index in [2.05, 4.69) is 12.2 Å². The first-order valence-electron chi connectivity index (χ1n) is 15.3. The summed E-state index contributed by atoms with van der Waals surface area (Å²) < 4.78 is 14.1. The second kappa shape index (κ2) is 15.9. The van der Waals surface area contributed by atoms with E-state index in [9.17, 15) is 19.9 Å². The Morgan fingerprint density at radius 3 is 2.39 bits per heavy atom. The summed E-state index contributed by atoms with van der Waals surface area (Å²) in [7, 11) is 0. The summed E-state index contributed by atoms with van der Waals surface area (Å²) in [4.78, 5) is 22.9. The number of carbonyl (C=O) groups is 2. The number of nitrogens with one attached hydrogen (secondary N) is 1. The molecule has 9 nitrogen and oxygen atoms in total. The largest absolute Gasteiger partial charge is 0.618 e. The van der Waals surface area contributed by atoms with Crippen molar-refractivity contribution < 1.29 is 34.0 Å². The maximum absolute atomic E-state index is 12.3. The van der Waals surface area contributed by atoms with Gasteiger partial charge in [0.15, 0.2) is 12.5 Å². The van der Waals surface area contributed by atoms with E-state index in [1.165, 1.54) is 18.0 Å². The highest BCUT2D eigenvalue weighted by molar-refractivity contribution is 7.99. The number of carbonyl (C=O) groups excluding carboxylic acids is 1. The summed E-state index contributed by atoms with van der Waals surface area (Å²) in [5, 5.41) is 34.1. The van der Waals surface area contributed by atoms with Crippen LogP contribution >= 0.6 is 11.8 Å². The minimum atomic E-state index is -0.910. The van der Waals surface area contributed by atoms with E-state index in [1.807, 2.05) is 78.9 Å². The number of carboxylic acid groups (broad SMARTS) is 1. The number of ether oxygens (including phenoxy) is 2. The lowest BCUT2D eigenvalue weighted by Gasteiger charge is -2.41. The predicted molar refractivity (Wildman–Crippen MR) is 174 cm³/mol. The van der Waals surface area contributed by atoms with E-state index in [1.54, 1.807) is 12.1 Å². The molecule has 1 aliphatic rings. The Morgan fingerprint density at radius 1 is 0.891 bits per heavy atom. The van der Waals surface area contributed by atoms with Crippen molar-refractivity contribution in [3.8, 4) is 11.1 Å². The molecule has 0 aliphatic carbocycles. The van der Waals surface area contributed by atoms with Crippen LogP contribution in [0.4, 0.5) is 0 Å². The SMILES string of the molecule is CC1C(CSc2cccc[n+]2[O-])OC(c2cccc(-c3cccc(CNC(=O)CCCC(=O)O)c3)c2)OC1c1ccc(CO)cc1. The fourth-order valence-corrected chi connectivity index (χ4v) is 6.50. The van der Waals surface area contributed by atoms with Crippen molar-refractivity contribution in [2.75, 3.05) is 5.75 Å². The maximum atomic E-state index is 12.3. The van der Waals surface area contributed by atoms with E-state index < -0.39 is 12.3 Å². The summed E-state index contributed by atoms with van der Waals surface area (Å²) in [6.07, 6.45) is 0.765. The van der Waals surface area contributed by atoms with Crippen molar-refractivity contribution in [1.29, 1.82) is 0 Å². The van der Waals surface area contributed by atoms with Crippen LogP contribution in [0.25, 0.3) is 11.1 Å². The third-order valence-electron chi connectivity index (χ3n) is 8.01. The Bertz CT molecular complexity index is 1630. The van der Waals surface area contributed by atoms with Gasteiger partial charge in [0.05, 0.1) is 18.8 Å². The molecule has 4 atom stereocenters. The van der Waals surface area contributed by atoms with Gasteiger partial charge in [0.25, 0.3) is 5.03 Å². The lowest BCUT2D eigenvalue weighted by atomic mass is 9.91. The maximum Gasteiger partial charge on any atom is 0.303 e. The number of aliphatic hydroxyl groups excluding tert-OH is 1. The summed E-state index contributed by atoms with van der Waals surface area (Å²) in [5.74, 6) is -0.554. The Morgan fingerprint density at radius 2 is 1.65 bits per heavy atom. The molecule has 0 radical (unpaired) electrons. The minimum absolute atomic E-state index is 0.0215. The predicted octanol–water partition coefficient (Wildman–Crippen LogP) is 5.93. The van der Waals surface area contributed by atoms with Crippen LogP contribution in [0.2, 0.25) is 0 Å². The third kappa shape index (κ3) is 8.73. The van der Waals surface area contributed by atoms with E-state index in [0.29, 0.717) is 23.7 Å². The van der Waals surface area contributed by atoms with Crippen molar-refractivity contribution >= 4 is 23.6 Å². The van der Waals surface area contributed by atoms with Crippen LogP contribution < -0.4 is 10.0 Å². The molecule has 3 N–H and O–H groups in total. The number of aliphatic carboxylic acids is 1. The number of nitrogens with zero attached hydrogens (tertiary/aromatic N) is 1. The number of hydrogen-bond acceptors (Lipinski definition) is 7. The lowest BCUT2D eigenvalue weighted by Crippen LogP contribution is -2.39. The average molecular weight is 643 g/mol. The number of thioether (sulfide) groups is 1. The van der Waals surface area contributed by atoms with Gasteiger partial charge in [-0.05, 0) is 52.4 Å². The molecule has 4 aromatic rings. The van der Waals surface area contributed by atoms with Crippen LogP contribution in [0, 0.1) is 11.1 Å². The monoisotopic (exact) mass is 642 g/mol. The zero-order chi connectivity index (χ0) is 32.5. The van der Waals surface area contributed by atoms with Gasteiger partial charge in [0.1, 0.15) is 0 Å². The van der Waals surface area contributed by atoms with Gasteiger partial charge < -0.3 is 30.2 Å². The Hall–Kier alpha value is -4.22. The van der Waals surface area contributed by atoms with Gasteiger partial charge in [-0.3, -0.25) is 9.59 Å². The number of hydrogen-bond donors (Lipinski definition) is 3. The number of rotatable bonds is 13. The number of benzene rings is 3. The molecule has 1 aromatic heterocycles. The topological polar surface area (TPSA) is 132 Å². The zero-order valence-corrected chi connectivity index (χ0v) is 26.4. The first kappa shape index (κ1) is 33.2. The molecule has 1 saturated heterocycles. The van der Waals surface area contributed by atoms with E-state index in [4.69, 9.17) is 14.6 Å². The number of carboxylic acids is 1. The minimum Gasteiger partial charge on any atom is -0.618 e. The molecule has 240 valence electrons. The molecule has 0 bridgehead atoms. The molecule has 3 aromatic carbocycles. The van der Waals surface area contributed by atoms with Crippen LogP contribution in [-0.2, 0) is 32.2 Å². The second-order valence-corrected chi connectivity index (χ2v) is 12.4. The molecule has 1 fully saturated rings. The first-order chi connectivity index (χ1) is 22.3. The van der Waals surface area contributed by atoms with Crippen LogP contribution in [0.5, 0.6) is 0 Å². The highest BCUT2D eigenvalue weighted by Gasteiger charge is 2.38. The Labute approximate surface area is 272 Å². The van der Waals surface area contributed by atoms with E-state index >= 15 is 0 Å². The van der Waals surface area contributed by atoms with E-state index in [0.717, 1.165) is 38.1 Å². The van der Waals surface area contributed by atoms with Gasteiger partial charge >= 0.3 is 5.97 Å².